The SMILES string of the molecule is CC(C)OC(N)=[NH2+]. The summed E-state index contributed by atoms with van der Waals surface area (Å²) >= 11 is 0. The van der Waals surface area contributed by atoms with Gasteiger partial charge in [-0.3, -0.25) is 11.1 Å². The molecule has 0 unspecified atom stereocenters. The number of nitrogens with two attached hydrogens (primary N) is 2. The van der Waals surface area contributed by atoms with Gasteiger partial charge in [-0.05, 0) is 13.8 Å². The molecular weight excluding hydrogens is 92.1 g/mol. The Hall–Kier alpha value is -0.730. The molecule has 0 saturated carbocycles. The maximum Gasteiger partial charge on any atom is 0.437 e. The second-order valence-electron chi connectivity index (χ2n) is 1.57. The molecule has 0 spiro atoms. The summed E-state index contributed by atoms with van der Waals surface area (Å²) in [5.41, 5.74) is 4.97. The van der Waals surface area contributed by atoms with Gasteiger partial charge in [0.05, 0.1) is 0 Å². The molecule has 0 amide bonds. The highest BCUT2D eigenvalue weighted by molar-refractivity contribution is 5.64. The molecule has 0 heterocycles. The van der Waals surface area contributed by atoms with Gasteiger partial charge in [-0.1, -0.05) is 0 Å². The Labute approximate surface area is 43.0 Å². The van der Waals surface area contributed by atoms with E-state index in [1.54, 1.807) is 0 Å². The fourth-order valence-corrected chi connectivity index (χ4v) is 0.272. The van der Waals surface area contributed by atoms with Crippen molar-refractivity contribution in [2.45, 2.75) is 20.0 Å². The van der Waals surface area contributed by atoms with Gasteiger partial charge in [-0.2, -0.15) is 0 Å². The van der Waals surface area contributed by atoms with Gasteiger partial charge in [0.2, 0.25) is 0 Å². The van der Waals surface area contributed by atoms with E-state index in [4.69, 9.17) is 15.9 Å². The smallest absolute Gasteiger partial charge is 0.429 e. The number of hydrogen-bond acceptors (Lipinski definition) is 1. The fourth-order valence-electron chi connectivity index (χ4n) is 0.272. The van der Waals surface area contributed by atoms with Gasteiger partial charge in [-0.25, -0.2) is 0 Å². The minimum absolute atomic E-state index is 0.0370. The third kappa shape index (κ3) is 5.27. The molecule has 0 aliphatic carbocycles. The first-order valence-electron chi connectivity index (χ1n) is 2.17. The van der Waals surface area contributed by atoms with E-state index in [2.05, 4.69) is 0 Å². The van der Waals surface area contributed by atoms with Crippen molar-refractivity contribution < 1.29 is 10.1 Å². The summed E-state index contributed by atoms with van der Waals surface area (Å²) in [5.74, 6) is 0. The maximum atomic E-state index is 4.97. The molecular formula is C4H11N2O+. The van der Waals surface area contributed by atoms with Crippen LogP contribution in [0.4, 0.5) is 0 Å². The molecule has 0 aliphatic heterocycles. The Kier molecular flexibility index (Phi) is 2.19. The van der Waals surface area contributed by atoms with Crippen LogP contribution in [0.3, 0.4) is 0 Å². The van der Waals surface area contributed by atoms with Crippen LogP contribution in [-0.2, 0) is 4.74 Å². The van der Waals surface area contributed by atoms with E-state index >= 15 is 0 Å². The average molecular weight is 103 g/mol. The zero-order chi connectivity index (χ0) is 5.86. The van der Waals surface area contributed by atoms with Crippen LogP contribution in [0.15, 0.2) is 0 Å². The van der Waals surface area contributed by atoms with Crippen molar-refractivity contribution in [2.24, 2.45) is 5.73 Å². The predicted octanol–water partition coefficient (Wildman–Crippen LogP) is -1.51. The lowest BCUT2D eigenvalue weighted by Gasteiger charge is -1.99. The zero-order valence-corrected chi connectivity index (χ0v) is 4.64. The first-order chi connectivity index (χ1) is 3.13. The normalized spacial score (nSPS) is 9.00. The van der Waals surface area contributed by atoms with Crippen LogP contribution in [0.5, 0.6) is 0 Å². The van der Waals surface area contributed by atoms with Crippen LogP contribution in [0.2, 0.25) is 0 Å². The standard InChI is InChI=1S/C4H10N2O/c1-3(2)7-4(5)6/h3H,1-2H3,(H3,5,6)/p+1. The summed E-state index contributed by atoms with van der Waals surface area (Å²) in [6.45, 7) is 3.72. The Bertz CT molecular complexity index is 70.1. The van der Waals surface area contributed by atoms with Crippen molar-refractivity contribution in [1.82, 2.24) is 0 Å². The quantitative estimate of drug-likeness (QED) is 0.313. The molecule has 3 heteroatoms. The summed E-state index contributed by atoms with van der Waals surface area (Å²) in [4.78, 5) is 0. The summed E-state index contributed by atoms with van der Waals surface area (Å²) in [5, 5.41) is 4.97. The van der Waals surface area contributed by atoms with E-state index in [0.717, 1.165) is 0 Å². The lowest BCUT2D eigenvalue weighted by atomic mass is 10.5. The molecule has 42 valence electrons. The Morgan fingerprint density at radius 3 is 2.14 bits per heavy atom. The Balaban J connectivity index is 3.13. The van der Waals surface area contributed by atoms with Crippen LogP contribution in [-0.4, -0.2) is 12.1 Å². The summed E-state index contributed by atoms with van der Waals surface area (Å²) in [6.07, 6.45) is 0.0880. The molecule has 4 N–H and O–H groups in total. The Morgan fingerprint density at radius 1 is 1.71 bits per heavy atom. The highest BCUT2D eigenvalue weighted by Gasteiger charge is 1.96. The monoisotopic (exact) mass is 103 g/mol. The van der Waals surface area contributed by atoms with Crippen LogP contribution in [0.1, 0.15) is 13.8 Å². The molecule has 7 heavy (non-hydrogen) atoms. The highest BCUT2D eigenvalue weighted by atomic mass is 16.5. The van der Waals surface area contributed by atoms with Crippen LogP contribution in [0, 0.1) is 0 Å². The minimum atomic E-state index is 0.0370. The van der Waals surface area contributed by atoms with Gasteiger partial charge in [0, 0.05) is 0 Å². The Morgan fingerprint density at radius 2 is 2.14 bits per heavy atom. The predicted molar refractivity (Wildman–Crippen MR) is 27.3 cm³/mol. The average Bonchev–Trinajstić information content (AvgIpc) is 1.27. The first kappa shape index (κ1) is 6.27. The number of rotatable bonds is 1. The van der Waals surface area contributed by atoms with Crippen molar-refractivity contribution in [3.63, 3.8) is 0 Å². The highest BCUT2D eigenvalue weighted by Crippen LogP contribution is 1.81. The molecule has 0 saturated heterocycles. The van der Waals surface area contributed by atoms with Gasteiger partial charge in [0.25, 0.3) is 0 Å². The van der Waals surface area contributed by atoms with Crippen molar-refractivity contribution in [1.29, 1.82) is 0 Å². The number of ether oxygens (including phenoxy) is 1. The van der Waals surface area contributed by atoms with Crippen molar-refractivity contribution >= 4 is 6.02 Å². The minimum Gasteiger partial charge on any atom is -0.429 e. The van der Waals surface area contributed by atoms with E-state index in [-0.39, 0.29) is 12.1 Å². The van der Waals surface area contributed by atoms with Crippen molar-refractivity contribution in [2.75, 3.05) is 0 Å². The largest absolute Gasteiger partial charge is 0.437 e. The second-order valence-corrected chi connectivity index (χ2v) is 1.57. The fraction of sp³-hybridized carbons (Fsp3) is 0.750. The molecule has 0 aromatic rings. The zero-order valence-electron chi connectivity index (χ0n) is 4.64. The topological polar surface area (TPSA) is 60.8 Å². The molecule has 0 radical (unpaired) electrons. The van der Waals surface area contributed by atoms with Crippen LogP contribution >= 0.6 is 0 Å². The molecule has 3 nitrogen and oxygen atoms in total. The molecule has 0 aromatic heterocycles. The number of hydrogen-bond donors (Lipinski definition) is 2. The molecule has 0 aliphatic rings. The van der Waals surface area contributed by atoms with E-state index in [1.165, 1.54) is 0 Å². The van der Waals surface area contributed by atoms with Crippen LogP contribution in [0.25, 0.3) is 0 Å². The van der Waals surface area contributed by atoms with Gasteiger partial charge in [0.15, 0.2) is 0 Å². The molecule has 0 aromatic carbocycles. The summed E-state index contributed by atoms with van der Waals surface area (Å²) in [6, 6.07) is 0.0370. The van der Waals surface area contributed by atoms with Gasteiger partial charge in [0.1, 0.15) is 6.10 Å². The third-order valence-electron chi connectivity index (χ3n) is 0.372. The van der Waals surface area contributed by atoms with E-state index < -0.39 is 0 Å². The van der Waals surface area contributed by atoms with E-state index in [9.17, 15) is 0 Å². The summed E-state index contributed by atoms with van der Waals surface area (Å²) < 4.78 is 4.72. The maximum absolute atomic E-state index is 4.97. The van der Waals surface area contributed by atoms with Gasteiger partial charge >= 0.3 is 6.02 Å². The lowest BCUT2D eigenvalue weighted by Crippen LogP contribution is -2.48. The molecule has 0 atom stereocenters. The number of amidine groups is 1. The van der Waals surface area contributed by atoms with E-state index in [1.807, 2.05) is 13.8 Å². The first-order valence-corrected chi connectivity index (χ1v) is 2.17. The molecule has 0 bridgehead atoms. The van der Waals surface area contributed by atoms with Crippen LogP contribution < -0.4 is 11.1 Å². The van der Waals surface area contributed by atoms with Gasteiger partial charge in [-0.15, -0.1) is 0 Å². The van der Waals surface area contributed by atoms with E-state index in [0.29, 0.717) is 0 Å². The lowest BCUT2D eigenvalue weighted by molar-refractivity contribution is -0.145. The molecule has 0 fully saturated rings. The van der Waals surface area contributed by atoms with Crippen molar-refractivity contribution in [3.8, 4) is 0 Å². The van der Waals surface area contributed by atoms with Crippen molar-refractivity contribution in [3.05, 3.63) is 0 Å². The summed E-state index contributed by atoms with van der Waals surface area (Å²) in [7, 11) is 0. The van der Waals surface area contributed by atoms with Gasteiger partial charge < -0.3 is 4.74 Å². The molecule has 0 rings (SSSR count). The third-order valence-corrected chi connectivity index (χ3v) is 0.372. The second kappa shape index (κ2) is 2.44.